The summed E-state index contributed by atoms with van der Waals surface area (Å²) in [5.74, 6) is 3.42. The van der Waals surface area contributed by atoms with Gasteiger partial charge in [0, 0.05) is 11.8 Å². The molecule has 7 aliphatic rings. The van der Waals surface area contributed by atoms with E-state index in [1.807, 2.05) is 31.2 Å². The number of carbonyl (C=O) groups is 2. The molecule has 5 saturated carbocycles. The van der Waals surface area contributed by atoms with Crippen molar-refractivity contribution in [1.82, 2.24) is 0 Å². The zero-order valence-corrected chi connectivity index (χ0v) is 16.9. The van der Waals surface area contributed by atoms with E-state index in [1.165, 1.54) is 42.6 Å². The van der Waals surface area contributed by atoms with E-state index in [0.717, 1.165) is 34.9 Å². The summed E-state index contributed by atoms with van der Waals surface area (Å²) in [6.45, 7) is 2.01. The molecule has 6 fully saturated rings. The molecule has 3 heteroatoms. The van der Waals surface area contributed by atoms with Crippen molar-refractivity contribution in [3.63, 3.8) is 0 Å². The fraction of sp³-hybridized carbons (Fsp3) is 0.538. The van der Waals surface area contributed by atoms with Crippen LogP contribution in [0.25, 0.3) is 0 Å². The first-order valence-corrected chi connectivity index (χ1v) is 11.5. The van der Waals surface area contributed by atoms with Gasteiger partial charge >= 0.3 is 0 Å². The number of amides is 2. The third kappa shape index (κ3) is 2.04. The number of hydrogen-bond donors (Lipinski definition) is 0. The Morgan fingerprint density at radius 2 is 1.38 bits per heavy atom. The Hall–Kier alpha value is -2.16. The average molecular weight is 386 g/mol. The summed E-state index contributed by atoms with van der Waals surface area (Å²) in [6, 6.07) is 7.81. The van der Waals surface area contributed by atoms with Gasteiger partial charge < -0.3 is 0 Å². The first-order chi connectivity index (χ1) is 14.1. The molecule has 0 unspecified atom stereocenters. The zero-order valence-electron chi connectivity index (χ0n) is 16.9. The van der Waals surface area contributed by atoms with Crippen LogP contribution in [-0.2, 0) is 9.59 Å². The molecule has 0 spiro atoms. The molecule has 6 aliphatic carbocycles. The Morgan fingerprint density at radius 1 is 0.793 bits per heavy atom. The molecule has 6 bridgehead atoms. The molecule has 1 saturated heterocycles. The van der Waals surface area contributed by atoms with Crippen molar-refractivity contribution >= 4 is 17.5 Å². The van der Waals surface area contributed by atoms with E-state index in [-0.39, 0.29) is 35.5 Å². The van der Waals surface area contributed by atoms with Gasteiger partial charge in [0.05, 0.1) is 17.5 Å². The minimum absolute atomic E-state index is 0.0318. The lowest BCUT2D eigenvalue weighted by Crippen LogP contribution is -2.41. The summed E-state index contributed by atoms with van der Waals surface area (Å²) in [7, 11) is 0. The summed E-state index contributed by atoms with van der Waals surface area (Å²) >= 11 is 0. The van der Waals surface area contributed by atoms with Crippen LogP contribution in [0.5, 0.6) is 0 Å². The van der Waals surface area contributed by atoms with Crippen LogP contribution in [-0.4, -0.2) is 11.8 Å². The maximum Gasteiger partial charge on any atom is 0.238 e. The van der Waals surface area contributed by atoms with Gasteiger partial charge in [-0.25, -0.2) is 4.90 Å². The van der Waals surface area contributed by atoms with Crippen molar-refractivity contribution in [2.75, 3.05) is 4.90 Å². The first-order valence-electron chi connectivity index (χ1n) is 11.5. The molecule has 3 nitrogen and oxygen atoms in total. The van der Waals surface area contributed by atoms with Crippen molar-refractivity contribution in [2.24, 2.45) is 47.3 Å². The molecule has 0 aromatic heterocycles. The number of nitrogens with zero attached hydrogens (tertiary/aromatic N) is 1. The highest BCUT2D eigenvalue weighted by atomic mass is 16.2. The van der Waals surface area contributed by atoms with Gasteiger partial charge in [0.15, 0.2) is 0 Å². The van der Waals surface area contributed by atoms with E-state index in [4.69, 9.17) is 0 Å². The third-order valence-corrected chi connectivity index (χ3v) is 9.03. The summed E-state index contributed by atoms with van der Waals surface area (Å²) in [6.07, 6.45) is 11.4. The lowest BCUT2D eigenvalue weighted by molar-refractivity contribution is -0.122. The second-order valence-corrected chi connectivity index (χ2v) is 10.6. The minimum Gasteiger partial charge on any atom is -0.274 e. The molecular weight excluding hydrogens is 358 g/mol. The van der Waals surface area contributed by atoms with E-state index in [2.05, 4.69) is 12.2 Å². The van der Waals surface area contributed by atoms with Crippen molar-refractivity contribution in [2.45, 2.75) is 39.0 Å². The zero-order chi connectivity index (χ0) is 19.4. The number of rotatable bonds is 1. The highest BCUT2D eigenvalue weighted by Gasteiger charge is 2.63. The Morgan fingerprint density at radius 3 is 1.93 bits per heavy atom. The molecule has 1 aliphatic heterocycles. The van der Waals surface area contributed by atoms with Gasteiger partial charge in [-0.05, 0) is 80.4 Å². The van der Waals surface area contributed by atoms with Crippen LogP contribution in [0, 0.1) is 54.3 Å². The number of benzene rings is 1. The molecule has 29 heavy (non-hydrogen) atoms. The van der Waals surface area contributed by atoms with Crippen LogP contribution < -0.4 is 4.90 Å². The van der Waals surface area contributed by atoms with Crippen molar-refractivity contribution in [3.8, 4) is 0 Å². The predicted octanol–water partition coefficient (Wildman–Crippen LogP) is 4.67. The Kier molecular flexibility index (Phi) is 3.15. The molecule has 1 aromatic rings. The predicted molar refractivity (Wildman–Crippen MR) is 111 cm³/mol. The number of fused-ring (bicyclic) bond motifs is 5. The van der Waals surface area contributed by atoms with Crippen molar-refractivity contribution in [3.05, 3.63) is 53.1 Å². The molecule has 0 radical (unpaired) electrons. The highest BCUT2D eigenvalue weighted by Crippen LogP contribution is 2.63. The Labute approximate surface area is 171 Å². The number of hydrogen-bond acceptors (Lipinski definition) is 2. The summed E-state index contributed by atoms with van der Waals surface area (Å²) < 4.78 is 0. The molecular formula is C26H27NO2. The monoisotopic (exact) mass is 385 g/mol. The van der Waals surface area contributed by atoms with Crippen LogP contribution in [0.3, 0.4) is 0 Å². The average Bonchev–Trinajstić information content (AvgIpc) is 3.31. The standard InChI is InChI=1S/C26H27NO2/c1-13-3-2-4-18(7-13)27-25(28)23-19-5-6-20(24(23)26(27)29)22(19)21-16-9-14-8-15(11-16)12-17(21)10-14/h2-7,14-17,19-20,23-24H,8-12H2,1H3/t14?,15?,16?,17?,19-,20+,23-,24-/m0/s1. The largest absolute Gasteiger partial charge is 0.274 e. The number of aryl methyl sites for hydroxylation is 1. The second-order valence-electron chi connectivity index (χ2n) is 10.6. The quantitative estimate of drug-likeness (QED) is 0.520. The normalized spacial score (nSPS) is 43.8. The van der Waals surface area contributed by atoms with E-state index in [9.17, 15) is 9.59 Å². The molecule has 1 heterocycles. The second kappa shape index (κ2) is 5.50. The fourth-order valence-electron chi connectivity index (χ4n) is 8.33. The molecule has 1 aromatic carbocycles. The SMILES string of the molecule is Cc1cccc(N2C(=O)[C@@H]3[C@@H](C2=O)[C@H]2C=C[C@@H]3C2=C2C3CC4CC(C3)CC2C4)c1. The van der Waals surface area contributed by atoms with Gasteiger partial charge in [0.1, 0.15) is 0 Å². The van der Waals surface area contributed by atoms with Gasteiger partial charge in [-0.1, -0.05) is 35.4 Å². The maximum absolute atomic E-state index is 13.5. The number of anilines is 1. The van der Waals surface area contributed by atoms with Gasteiger partial charge in [-0.15, -0.1) is 0 Å². The van der Waals surface area contributed by atoms with Crippen LogP contribution >= 0.6 is 0 Å². The van der Waals surface area contributed by atoms with Gasteiger partial charge in [0.25, 0.3) is 0 Å². The summed E-state index contributed by atoms with van der Waals surface area (Å²) in [5.41, 5.74) is 5.05. The van der Waals surface area contributed by atoms with Crippen LogP contribution in [0.1, 0.15) is 37.7 Å². The molecule has 0 N–H and O–H groups in total. The van der Waals surface area contributed by atoms with Gasteiger partial charge in [0.2, 0.25) is 11.8 Å². The van der Waals surface area contributed by atoms with Crippen molar-refractivity contribution < 1.29 is 9.59 Å². The highest BCUT2D eigenvalue weighted by molar-refractivity contribution is 6.23. The third-order valence-electron chi connectivity index (χ3n) is 9.03. The van der Waals surface area contributed by atoms with Gasteiger partial charge in [-0.3, -0.25) is 9.59 Å². The van der Waals surface area contributed by atoms with E-state index in [1.54, 1.807) is 5.57 Å². The lowest BCUT2D eigenvalue weighted by atomic mass is 9.53. The fourth-order valence-corrected chi connectivity index (χ4v) is 8.33. The van der Waals surface area contributed by atoms with Gasteiger partial charge in [-0.2, -0.15) is 0 Å². The van der Waals surface area contributed by atoms with E-state index >= 15 is 0 Å². The number of carbonyl (C=O) groups excluding carboxylic acids is 2. The lowest BCUT2D eigenvalue weighted by Gasteiger charge is -2.52. The van der Waals surface area contributed by atoms with Crippen molar-refractivity contribution in [1.29, 1.82) is 0 Å². The summed E-state index contributed by atoms with van der Waals surface area (Å²) in [5, 5.41) is 0. The molecule has 148 valence electrons. The topological polar surface area (TPSA) is 37.4 Å². The Balaban J connectivity index is 1.29. The van der Waals surface area contributed by atoms with Crippen LogP contribution in [0.15, 0.2) is 47.6 Å². The summed E-state index contributed by atoms with van der Waals surface area (Å²) in [4.78, 5) is 28.5. The van der Waals surface area contributed by atoms with E-state index < -0.39 is 0 Å². The molecule has 4 atom stereocenters. The maximum atomic E-state index is 13.5. The molecule has 8 rings (SSSR count). The smallest absolute Gasteiger partial charge is 0.238 e. The Bertz CT molecular complexity index is 953. The minimum atomic E-state index is -0.169. The first kappa shape index (κ1) is 16.6. The number of imide groups is 1. The molecule has 2 amide bonds. The van der Waals surface area contributed by atoms with Crippen LogP contribution in [0.2, 0.25) is 0 Å². The van der Waals surface area contributed by atoms with E-state index in [0.29, 0.717) is 0 Å². The number of allylic oxidation sites excluding steroid dienone is 4. The van der Waals surface area contributed by atoms with Crippen LogP contribution in [0.4, 0.5) is 5.69 Å².